The fourth-order valence-corrected chi connectivity index (χ4v) is 4.50. The number of alkyl halides is 2. The highest BCUT2D eigenvalue weighted by Crippen LogP contribution is 2.38. The van der Waals surface area contributed by atoms with Crippen LogP contribution in [-0.2, 0) is 16.1 Å². The van der Waals surface area contributed by atoms with Crippen LogP contribution in [0.1, 0.15) is 0 Å². The van der Waals surface area contributed by atoms with Crippen LogP contribution in [0.2, 0.25) is 0 Å². The topological polar surface area (TPSA) is 112 Å². The number of nitrogens with one attached hydrogen (secondary N) is 1. The van der Waals surface area contributed by atoms with Crippen LogP contribution in [0.15, 0.2) is 24.4 Å². The van der Waals surface area contributed by atoms with Gasteiger partial charge in [-0.15, -0.1) is 0 Å². The standard InChI is InChI=1S/C19H21F2N5O4S/c1-29-8-12(17(22)27)23-10-2-3-11-14(6-10)30-5-4-25-7-15(24-18(11)25)26-13(16(20)21)9-31-19(26)28/h2-3,6-7,12-13,16,23H,4-5,8-9H2,1H3,(H2,22,27)/t12-,13-/m0/s1. The number of primary amides is 1. The van der Waals surface area contributed by atoms with Gasteiger partial charge < -0.3 is 25.1 Å². The number of fused-ring (bicyclic) bond motifs is 3. The third kappa shape index (κ3) is 4.17. The van der Waals surface area contributed by atoms with E-state index in [4.69, 9.17) is 15.2 Å². The molecule has 2 atom stereocenters. The molecule has 31 heavy (non-hydrogen) atoms. The number of ether oxygens (including phenoxy) is 2. The van der Waals surface area contributed by atoms with E-state index in [1.165, 1.54) is 7.11 Å². The lowest BCUT2D eigenvalue weighted by atomic mass is 10.1. The summed E-state index contributed by atoms with van der Waals surface area (Å²) in [5.74, 6) is 0.679. The Kier molecular flexibility index (Phi) is 6.01. The third-order valence-electron chi connectivity index (χ3n) is 5.04. The SMILES string of the molecule is COC[C@H](Nc1ccc2c(c1)OCCn1cc(N3C(=O)SC[C@H]3C(F)F)nc1-2)C(N)=O. The molecule has 0 spiro atoms. The van der Waals surface area contributed by atoms with Gasteiger partial charge in [0.1, 0.15) is 30.3 Å². The summed E-state index contributed by atoms with van der Waals surface area (Å²) in [4.78, 5) is 29.3. The van der Waals surface area contributed by atoms with Crippen molar-refractivity contribution >= 4 is 34.4 Å². The highest BCUT2D eigenvalue weighted by Gasteiger charge is 2.40. The summed E-state index contributed by atoms with van der Waals surface area (Å²) >= 11 is 0.863. The molecule has 4 rings (SSSR count). The van der Waals surface area contributed by atoms with Crippen LogP contribution >= 0.6 is 11.8 Å². The molecule has 12 heteroatoms. The Bertz CT molecular complexity index is 1000. The maximum Gasteiger partial charge on any atom is 0.287 e. The molecule has 1 saturated heterocycles. The number of halogens is 2. The molecule has 3 N–H and O–H groups in total. The average molecular weight is 453 g/mol. The number of imidazole rings is 1. The van der Waals surface area contributed by atoms with E-state index < -0.39 is 29.7 Å². The number of nitrogens with two attached hydrogens (primary N) is 1. The van der Waals surface area contributed by atoms with Crippen molar-refractivity contribution in [3.8, 4) is 17.1 Å². The Morgan fingerprint density at radius 1 is 1.48 bits per heavy atom. The van der Waals surface area contributed by atoms with Crippen LogP contribution in [-0.4, -0.2) is 65.3 Å². The molecule has 9 nitrogen and oxygen atoms in total. The monoisotopic (exact) mass is 453 g/mol. The smallest absolute Gasteiger partial charge is 0.287 e. The Morgan fingerprint density at radius 2 is 2.29 bits per heavy atom. The zero-order valence-corrected chi connectivity index (χ0v) is 17.4. The number of benzene rings is 1. The van der Waals surface area contributed by atoms with Crippen molar-refractivity contribution in [2.24, 2.45) is 5.73 Å². The maximum absolute atomic E-state index is 13.4. The first-order valence-corrected chi connectivity index (χ1v) is 10.5. The second-order valence-electron chi connectivity index (χ2n) is 7.08. The summed E-state index contributed by atoms with van der Waals surface area (Å²) in [5.41, 5.74) is 6.63. The van der Waals surface area contributed by atoms with Crippen molar-refractivity contribution in [2.45, 2.75) is 25.1 Å². The van der Waals surface area contributed by atoms with Crippen molar-refractivity contribution in [3.63, 3.8) is 0 Å². The minimum atomic E-state index is -2.66. The van der Waals surface area contributed by atoms with Gasteiger partial charge in [-0.05, 0) is 12.1 Å². The Hall–Kier alpha value is -2.86. The number of nitrogens with zero attached hydrogens (tertiary/aromatic N) is 3. The summed E-state index contributed by atoms with van der Waals surface area (Å²) in [7, 11) is 1.47. The number of rotatable bonds is 7. The van der Waals surface area contributed by atoms with E-state index in [-0.39, 0.29) is 18.2 Å². The van der Waals surface area contributed by atoms with Gasteiger partial charge in [0, 0.05) is 30.8 Å². The van der Waals surface area contributed by atoms with Crippen LogP contribution in [0.25, 0.3) is 11.4 Å². The van der Waals surface area contributed by atoms with Crippen LogP contribution in [0.3, 0.4) is 0 Å². The van der Waals surface area contributed by atoms with Gasteiger partial charge in [-0.1, -0.05) is 11.8 Å². The largest absolute Gasteiger partial charge is 0.491 e. The lowest BCUT2D eigenvalue weighted by molar-refractivity contribution is -0.119. The van der Waals surface area contributed by atoms with Gasteiger partial charge >= 0.3 is 0 Å². The van der Waals surface area contributed by atoms with Crippen LogP contribution in [0.5, 0.6) is 5.75 Å². The predicted octanol–water partition coefficient (Wildman–Crippen LogP) is 2.16. The van der Waals surface area contributed by atoms with Gasteiger partial charge in [-0.2, -0.15) is 0 Å². The fraction of sp³-hybridized carbons (Fsp3) is 0.421. The van der Waals surface area contributed by atoms with Gasteiger partial charge in [-0.25, -0.2) is 13.8 Å². The van der Waals surface area contributed by atoms with Crippen molar-refractivity contribution in [1.29, 1.82) is 0 Å². The van der Waals surface area contributed by atoms with Crippen molar-refractivity contribution in [3.05, 3.63) is 24.4 Å². The zero-order valence-electron chi connectivity index (χ0n) is 16.6. The minimum Gasteiger partial charge on any atom is -0.491 e. The van der Waals surface area contributed by atoms with E-state index in [2.05, 4.69) is 10.3 Å². The maximum atomic E-state index is 13.4. The fourth-order valence-electron chi connectivity index (χ4n) is 3.52. The highest BCUT2D eigenvalue weighted by atomic mass is 32.2. The molecule has 0 saturated carbocycles. The molecule has 1 aromatic heterocycles. The number of carbonyl (C=O) groups is 2. The normalized spacial score (nSPS) is 18.9. The summed E-state index contributed by atoms with van der Waals surface area (Å²) in [5, 5.41) is 2.56. The molecule has 0 radical (unpaired) electrons. The minimum absolute atomic E-state index is 0.0237. The molecular weight excluding hydrogens is 432 g/mol. The predicted molar refractivity (Wildman–Crippen MR) is 112 cm³/mol. The van der Waals surface area contributed by atoms with Gasteiger partial charge in [-0.3, -0.25) is 14.5 Å². The van der Waals surface area contributed by atoms with E-state index in [1.54, 1.807) is 29.0 Å². The van der Waals surface area contributed by atoms with E-state index in [9.17, 15) is 18.4 Å². The first kappa shape index (κ1) is 21.4. The molecule has 2 aliphatic heterocycles. The summed E-state index contributed by atoms with van der Waals surface area (Å²) in [6.45, 7) is 0.855. The molecule has 166 valence electrons. The van der Waals surface area contributed by atoms with E-state index in [0.717, 1.165) is 16.7 Å². The second kappa shape index (κ2) is 8.71. The second-order valence-corrected chi connectivity index (χ2v) is 8.05. The number of hydrogen-bond acceptors (Lipinski definition) is 7. The Morgan fingerprint density at radius 3 is 3.00 bits per heavy atom. The molecule has 0 unspecified atom stereocenters. The average Bonchev–Trinajstić information content (AvgIpc) is 3.27. The number of hydrogen-bond donors (Lipinski definition) is 2. The summed E-state index contributed by atoms with van der Waals surface area (Å²) < 4.78 is 39.4. The summed E-state index contributed by atoms with van der Waals surface area (Å²) in [6, 6.07) is 3.28. The number of amides is 2. The van der Waals surface area contributed by atoms with Crippen LogP contribution in [0, 0.1) is 0 Å². The van der Waals surface area contributed by atoms with Crippen molar-refractivity contribution < 1.29 is 27.8 Å². The number of carbonyl (C=O) groups excluding carboxylic acids is 2. The highest BCUT2D eigenvalue weighted by molar-refractivity contribution is 8.14. The van der Waals surface area contributed by atoms with Crippen molar-refractivity contribution in [2.75, 3.05) is 36.3 Å². The molecule has 2 amide bonds. The molecule has 3 heterocycles. The molecule has 0 aliphatic carbocycles. The van der Waals surface area contributed by atoms with E-state index in [0.29, 0.717) is 36.0 Å². The molecule has 1 fully saturated rings. The van der Waals surface area contributed by atoms with E-state index in [1.807, 2.05) is 0 Å². The Balaban J connectivity index is 1.65. The van der Waals surface area contributed by atoms with Gasteiger partial charge in [0.2, 0.25) is 5.91 Å². The van der Waals surface area contributed by atoms with Crippen molar-refractivity contribution in [1.82, 2.24) is 9.55 Å². The van der Waals surface area contributed by atoms with Gasteiger partial charge in [0.15, 0.2) is 5.82 Å². The number of thioether (sulfide) groups is 1. The zero-order chi connectivity index (χ0) is 22.1. The van der Waals surface area contributed by atoms with Crippen LogP contribution in [0.4, 0.5) is 25.1 Å². The number of aromatic nitrogens is 2. The molecule has 2 aromatic rings. The first-order valence-electron chi connectivity index (χ1n) is 9.52. The molecule has 1 aromatic carbocycles. The lowest BCUT2D eigenvalue weighted by Crippen LogP contribution is -2.39. The quantitative estimate of drug-likeness (QED) is 0.661. The lowest BCUT2D eigenvalue weighted by Gasteiger charge is -2.20. The Labute approximate surface area is 180 Å². The third-order valence-corrected chi connectivity index (χ3v) is 5.99. The van der Waals surface area contributed by atoms with Gasteiger partial charge in [0.25, 0.3) is 11.7 Å². The van der Waals surface area contributed by atoms with E-state index >= 15 is 0 Å². The van der Waals surface area contributed by atoms with Gasteiger partial charge in [0.05, 0.1) is 18.7 Å². The molecular formula is C19H21F2N5O4S. The van der Waals surface area contributed by atoms with Crippen LogP contribution < -0.4 is 20.7 Å². The first-order chi connectivity index (χ1) is 14.9. The molecule has 0 bridgehead atoms. The summed E-state index contributed by atoms with van der Waals surface area (Å²) in [6.07, 6.45) is -1.06. The number of methoxy groups -OCH3 is 1. The number of anilines is 2. The molecule has 2 aliphatic rings.